The van der Waals surface area contributed by atoms with Gasteiger partial charge in [-0.3, -0.25) is 0 Å². The molecular formula is C20H29N. The molecule has 0 spiro atoms. The molecule has 0 bridgehead atoms. The zero-order valence-corrected chi connectivity index (χ0v) is 13.9. The van der Waals surface area contributed by atoms with Gasteiger partial charge in [-0.05, 0) is 43.9 Å². The lowest BCUT2D eigenvalue weighted by Gasteiger charge is -2.11. The van der Waals surface area contributed by atoms with Gasteiger partial charge in [-0.15, -0.1) is 0 Å². The van der Waals surface area contributed by atoms with Crippen LogP contribution in [0.25, 0.3) is 5.57 Å². The van der Waals surface area contributed by atoms with Crippen molar-refractivity contribution in [2.75, 3.05) is 0 Å². The number of benzene rings is 1. The predicted octanol–water partition coefficient (Wildman–Crippen LogP) is 6.44. The molecule has 1 heteroatoms. The molecule has 0 atom stereocenters. The second-order valence-corrected chi connectivity index (χ2v) is 5.17. The lowest BCUT2D eigenvalue weighted by molar-refractivity contribution is 0.977. The Labute approximate surface area is 130 Å². The summed E-state index contributed by atoms with van der Waals surface area (Å²) in [4.78, 5) is 0. The highest BCUT2D eigenvalue weighted by atomic mass is 14.4. The van der Waals surface area contributed by atoms with Crippen molar-refractivity contribution in [3.63, 3.8) is 0 Å². The summed E-state index contributed by atoms with van der Waals surface area (Å²) >= 11 is 0. The van der Waals surface area contributed by atoms with Gasteiger partial charge in [0.1, 0.15) is 0 Å². The molecule has 0 saturated heterocycles. The van der Waals surface area contributed by atoms with Gasteiger partial charge in [-0.25, -0.2) is 0 Å². The molecule has 0 saturated carbocycles. The summed E-state index contributed by atoms with van der Waals surface area (Å²) in [7, 11) is 0. The number of allylic oxidation sites excluding steroid dienone is 5. The molecular weight excluding hydrogens is 254 g/mol. The third-order valence-electron chi connectivity index (χ3n) is 2.81. The summed E-state index contributed by atoms with van der Waals surface area (Å²) in [5.74, 6) is 0. The monoisotopic (exact) mass is 283 g/mol. The van der Waals surface area contributed by atoms with Crippen molar-refractivity contribution in [2.45, 2.75) is 47.0 Å². The van der Waals surface area contributed by atoms with E-state index in [2.05, 4.69) is 69.8 Å². The normalized spacial score (nSPS) is 12.6. The highest BCUT2D eigenvalue weighted by Crippen LogP contribution is 2.25. The standard InChI is InChI=1S/C13H14.C4H7N.C3H8/c1-11-7-9-13(10-8-11)12-5-3-2-4-6-12;1-3-4(2)5;1-3-2/h2-7,9H,8,10H2,1H3;3,5H,1H2,2H3;3H2,1-2H3. The average Bonchev–Trinajstić information content (AvgIpc) is 2.50. The first-order valence-corrected chi connectivity index (χ1v) is 7.64. The first-order valence-electron chi connectivity index (χ1n) is 7.64. The highest BCUT2D eigenvalue weighted by Gasteiger charge is 2.04. The second-order valence-electron chi connectivity index (χ2n) is 5.17. The zero-order valence-electron chi connectivity index (χ0n) is 13.9. The SMILES string of the molecule is C=CC(C)=N.CC1=CC=C(c2ccccc2)CC1.CCC. The Bertz CT molecular complexity index is 478. The Kier molecular flexibility index (Phi) is 10.8. The topological polar surface area (TPSA) is 23.9 Å². The summed E-state index contributed by atoms with van der Waals surface area (Å²) in [6, 6.07) is 10.6. The van der Waals surface area contributed by atoms with E-state index in [0.717, 1.165) is 0 Å². The average molecular weight is 283 g/mol. The van der Waals surface area contributed by atoms with Crippen molar-refractivity contribution in [3.8, 4) is 0 Å². The zero-order chi connectivity index (χ0) is 16.1. The Hall–Kier alpha value is -1.89. The maximum Gasteiger partial charge on any atom is 0.0277 e. The second kappa shape index (κ2) is 11.9. The molecule has 0 aliphatic heterocycles. The Balaban J connectivity index is 0.000000422. The minimum absolute atomic E-state index is 0.519. The summed E-state index contributed by atoms with van der Waals surface area (Å²) < 4.78 is 0. The van der Waals surface area contributed by atoms with E-state index in [1.165, 1.54) is 42.0 Å². The highest BCUT2D eigenvalue weighted by molar-refractivity contribution is 5.89. The molecule has 0 amide bonds. The maximum absolute atomic E-state index is 6.62. The Morgan fingerprint density at radius 2 is 1.67 bits per heavy atom. The number of hydrogen-bond donors (Lipinski definition) is 1. The molecule has 2 rings (SSSR count). The fraction of sp³-hybridized carbons (Fsp3) is 0.350. The summed E-state index contributed by atoms with van der Waals surface area (Å²) in [5, 5.41) is 6.62. The van der Waals surface area contributed by atoms with Gasteiger partial charge in [0.15, 0.2) is 0 Å². The van der Waals surface area contributed by atoms with Gasteiger partial charge in [0.25, 0.3) is 0 Å². The van der Waals surface area contributed by atoms with Gasteiger partial charge in [0.05, 0.1) is 0 Å². The molecule has 114 valence electrons. The largest absolute Gasteiger partial charge is 0.306 e. The van der Waals surface area contributed by atoms with Gasteiger partial charge >= 0.3 is 0 Å². The molecule has 1 nitrogen and oxygen atoms in total. The molecule has 0 unspecified atom stereocenters. The molecule has 1 aromatic carbocycles. The van der Waals surface area contributed by atoms with Crippen LogP contribution in [0.2, 0.25) is 0 Å². The van der Waals surface area contributed by atoms with Crippen LogP contribution in [0.5, 0.6) is 0 Å². The quantitative estimate of drug-likeness (QED) is 0.604. The summed E-state index contributed by atoms with van der Waals surface area (Å²) in [6.07, 6.45) is 9.62. The van der Waals surface area contributed by atoms with Crippen LogP contribution < -0.4 is 0 Å². The first kappa shape index (κ1) is 19.1. The van der Waals surface area contributed by atoms with Crippen LogP contribution in [-0.4, -0.2) is 5.71 Å². The van der Waals surface area contributed by atoms with Gasteiger partial charge in [0, 0.05) is 5.71 Å². The molecule has 1 aliphatic rings. The number of nitrogens with one attached hydrogen (secondary N) is 1. The number of hydrogen-bond acceptors (Lipinski definition) is 1. The molecule has 0 radical (unpaired) electrons. The van der Waals surface area contributed by atoms with Gasteiger partial charge < -0.3 is 5.41 Å². The van der Waals surface area contributed by atoms with E-state index in [0.29, 0.717) is 5.71 Å². The third kappa shape index (κ3) is 9.61. The summed E-state index contributed by atoms with van der Waals surface area (Å²) in [5.41, 5.74) is 4.84. The van der Waals surface area contributed by atoms with Crippen molar-refractivity contribution in [2.24, 2.45) is 0 Å². The molecule has 21 heavy (non-hydrogen) atoms. The minimum Gasteiger partial charge on any atom is -0.306 e. The fourth-order valence-corrected chi connectivity index (χ4v) is 1.63. The summed E-state index contributed by atoms with van der Waals surface area (Å²) in [6.45, 7) is 11.5. The van der Waals surface area contributed by atoms with Crippen LogP contribution in [0.1, 0.15) is 52.5 Å². The van der Waals surface area contributed by atoms with Crippen LogP contribution in [0.15, 0.2) is 60.7 Å². The first-order chi connectivity index (χ1) is 10.0. The maximum atomic E-state index is 6.62. The van der Waals surface area contributed by atoms with Crippen LogP contribution in [0.4, 0.5) is 0 Å². The number of rotatable bonds is 2. The van der Waals surface area contributed by atoms with Gasteiger partial charge in [-0.1, -0.05) is 74.9 Å². The lowest BCUT2D eigenvalue weighted by atomic mass is 9.94. The van der Waals surface area contributed by atoms with E-state index < -0.39 is 0 Å². The van der Waals surface area contributed by atoms with E-state index in [-0.39, 0.29) is 0 Å². The van der Waals surface area contributed by atoms with Gasteiger partial charge in [0.2, 0.25) is 0 Å². The van der Waals surface area contributed by atoms with E-state index in [1.54, 1.807) is 6.92 Å². The molecule has 0 aromatic heterocycles. The smallest absolute Gasteiger partial charge is 0.0277 e. The van der Waals surface area contributed by atoms with Crippen molar-refractivity contribution in [3.05, 3.63) is 66.3 Å². The molecule has 1 aliphatic carbocycles. The van der Waals surface area contributed by atoms with E-state index in [4.69, 9.17) is 5.41 Å². The van der Waals surface area contributed by atoms with Crippen LogP contribution in [-0.2, 0) is 0 Å². The molecule has 1 N–H and O–H groups in total. The Morgan fingerprint density at radius 3 is 2.05 bits per heavy atom. The Morgan fingerprint density at radius 1 is 1.14 bits per heavy atom. The van der Waals surface area contributed by atoms with Crippen molar-refractivity contribution >= 4 is 11.3 Å². The van der Waals surface area contributed by atoms with Crippen molar-refractivity contribution < 1.29 is 0 Å². The van der Waals surface area contributed by atoms with Gasteiger partial charge in [-0.2, -0.15) is 0 Å². The van der Waals surface area contributed by atoms with Crippen LogP contribution >= 0.6 is 0 Å². The molecule has 0 heterocycles. The van der Waals surface area contributed by atoms with E-state index in [1.807, 2.05) is 0 Å². The molecule has 0 fully saturated rings. The molecule has 1 aromatic rings. The lowest BCUT2D eigenvalue weighted by Crippen LogP contribution is -1.90. The third-order valence-corrected chi connectivity index (χ3v) is 2.81. The fourth-order valence-electron chi connectivity index (χ4n) is 1.63. The van der Waals surface area contributed by atoms with E-state index in [9.17, 15) is 0 Å². The van der Waals surface area contributed by atoms with Crippen molar-refractivity contribution in [1.82, 2.24) is 0 Å². The van der Waals surface area contributed by atoms with Crippen LogP contribution in [0, 0.1) is 5.41 Å². The van der Waals surface area contributed by atoms with Crippen molar-refractivity contribution in [1.29, 1.82) is 5.41 Å². The predicted molar refractivity (Wildman–Crippen MR) is 97.0 cm³/mol. The minimum atomic E-state index is 0.519. The van der Waals surface area contributed by atoms with Crippen LogP contribution in [0.3, 0.4) is 0 Å². The van der Waals surface area contributed by atoms with E-state index >= 15 is 0 Å².